The van der Waals surface area contributed by atoms with E-state index in [1.54, 1.807) is 6.33 Å². The molecule has 31 heavy (non-hydrogen) atoms. The maximum absolute atomic E-state index is 13.6. The fraction of sp³-hybridized carbons (Fsp3) is 0.333. The Morgan fingerprint density at radius 3 is 2.39 bits per heavy atom. The number of nitrogens with zero attached hydrogens (tertiary/aromatic N) is 5. The fourth-order valence-electron chi connectivity index (χ4n) is 4.68. The Morgan fingerprint density at radius 1 is 0.903 bits per heavy atom. The number of hydrogen-bond donors (Lipinski definition) is 0. The van der Waals surface area contributed by atoms with E-state index in [4.69, 9.17) is 0 Å². The molecule has 1 aromatic heterocycles. The van der Waals surface area contributed by atoms with E-state index in [9.17, 15) is 9.59 Å². The molecule has 2 aliphatic rings. The third-order valence-electron chi connectivity index (χ3n) is 6.31. The first-order chi connectivity index (χ1) is 15.2. The SMILES string of the molecule is O=C(c1ccccc1)[C@H]1CN(Cc2ccccc2)C[C@@H]1C(=O)N1CCn2cnnc2C1. The summed E-state index contributed by atoms with van der Waals surface area (Å²) in [5.41, 5.74) is 1.86. The maximum Gasteiger partial charge on any atom is 0.228 e. The molecule has 2 aliphatic heterocycles. The zero-order chi connectivity index (χ0) is 21.2. The van der Waals surface area contributed by atoms with Crippen molar-refractivity contribution in [1.82, 2.24) is 24.6 Å². The Hall–Kier alpha value is -3.32. The summed E-state index contributed by atoms with van der Waals surface area (Å²) in [5.74, 6) is 0.183. The Labute approximate surface area is 181 Å². The van der Waals surface area contributed by atoms with Gasteiger partial charge in [0.05, 0.1) is 12.5 Å². The molecule has 0 bridgehead atoms. The zero-order valence-electron chi connectivity index (χ0n) is 17.3. The molecule has 7 nitrogen and oxygen atoms in total. The molecular formula is C24H25N5O2. The van der Waals surface area contributed by atoms with Gasteiger partial charge in [-0.1, -0.05) is 60.7 Å². The monoisotopic (exact) mass is 415 g/mol. The van der Waals surface area contributed by atoms with E-state index < -0.39 is 0 Å². The topological polar surface area (TPSA) is 71.3 Å². The van der Waals surface area contributed by atoms with Gasteiger partial charge in [0.25, 0.3) is 0 Å². The molecule has 1 fully saturated rings. The maximum atomic E-state index is 13.6. The van der Waals surface area contributed by atoms with Crippen molar-refractivity contribution in [2.45, 2.75) is 19.6 Å². The third kappa shape index (κ3) is 4.01. The van der Waals surface area contributed by atoms with Gasteiger partial charge in [-0.15, -0.1) is 10.2 Å². The van der Waals surface area contributed by atoms with Crippen molar-refractivity contribution in [2.24, 2.45) is 11.8 Å². The van der Waals surface area contributed by atoms with Gasteiger partial charge < -0.3 is 9.47 Å². The van der Waals surface area contributed by atoms with Crippen LogP contribution in [0.15, 0.2) is 67.0 Å². The minimum atomic E-state index is -0.356. The lowest BCUT2D eigenvalue weighted by Gasteiger charge is -2.30. The lowest BCUT2D eigenvalue weighted by atomic mass is 9.87. The highest BCUT2D eigenvalue weighted by Crippen LogP contribution is 2.30. The first kappa shape index (κ1) is 19.6. The quantitative estimate of drug-likeness (QED) is 0.598. The molecule has 0 unspecified atom stereocenters. The summed E-state index contributed by atoms with van der Waals surface area (Å²) in [7, 11) is 0. The van der Waals surface area contributed by atoms with Crippen molar-refractivity contribution in [3.63, 3.8) is 0 Å². The minimum absolute atomic E-state index is 0.0408. The van der Waals surface area contributed by atoms with E-state index >= 15 is 0 Å². The molecule has 1 saturated heterocycles. The van der Waals surface area contributed by atoms with Crippen LogP contribution in [-0.2, 0) is 24.4 Å². The van der Waals surface area contributed by atoms with Crippen molar-refractivity contribution in [3.8, 4) is 0 Å². The minimum Gasteiger partial charge on any atom is -0.333 e. The Bertz CT molecular complexity index is 1070. The van der Waals surface area contributed by atoms with Gasteiger partial charge >= 0.3 is 0 Å². The average molecular weight is 415 g/mol. The highest BCUT2D eigenvalue weighted by Gasteiger charge is 2.43. The van der Waals surface area contributed by atoms with Crippen molar-refractivity contribution >= 4 is 11.7 Å². The highest BCUT2D eigenvalue weighted by atomic mass is 16.2. The van der Waals surface area contributed by atoms with Gasteiger partial charge in [-0.25, -0.2) is 0 Å². The second kappa shape index (κ2) is 8.43. The van der Waals surface area contributed by atoms with Crippen LogP contribution in [-0.4, -0.2) is 55.9 Å². The molecule has 2 atom stereocenters. The van der Waals surface area contributed by atoms with Crippen LogP contribution in [0.1, 0.15) is 21.7 Å². The molecule has 0 N–H and O–H groups in total. The van der Waals surface area contributed by atoms with Gasteiger partial charge in [0.15, 0.2) is 11.6 Å². The zero-order valence-corrected chi connectivity index (χ0v) is 17.3. The highest BCUT2D eigenvalue weighted by molar-refractivity contribution is 6.01. The van der Waals surface area contributed by atoms with Gasteiger partial charge in [0.2, 0.25) is 5.91 Å². The molecule has 0 saturated carbocycles. The van der Waals surface area contributed by atoms with E-state index in [0.717, 1.165) is 12.4 Å². The van der Waals surface area contributed by atoms with Gasteiger partial charge in [-0.3, -0.25) is 14.5 Å². The van der Waals surface area contributed by atoms with E-state index in [2.05, 4.69) is 27.2 Å². The van der Waals surface area contributed by atoms with E-state index in [-0.39, 0.29) is 23.5 Å². The van der Waals surface area contributed by atoms with Gasteiger partial charge in [-0.2, -0.15) is 0 Å². The number of hydrogen-bond acceptors (Lipinski definition) is 5. The van der Waals surface area contributed by atoms with Crippen LogP contribution in [0.5, 0.6) is 0 Å². The number of likely N-dealkylation sites (tertiary alicyclic amines) is 1. The standard InChI is InChI=1S/C24H25N5O2/c30-23(19-9-5-2-6-10-19)20-14-27(13-18-7-3-1-4-8-18)15-21(20)24(31)28-11-12-29-17-25-26-22(29)16-28/h1-10,17,20-21H,11-16H2/t20-,21-/m0/s1. The summed E-state index contributed by atoms with van der Waals surface area (Å²) in [4.78, 5) is 31.0. The predicted octanol–water partition coefficient (Wildman–Crippen LogP) is 2.25. The lowest BCUT2D eigenvalue weighted by molar-refractivity contribution is -0.137. The third-order valence-corrected chi connectivity index (χ3v) is 6.31. The largest absolute Gasteiger partial charge is 0.333 e. The molecule has 5 rings (SSSR count). The molecule has 0 radical (unpaired) electrons. The van der Waals surface area contributed by atoms with Crippen molar-refractivity contribution in [1.29, 1.82) is 0 Å². The Kier molecular flexibility index (Phi) is 5.34. The van der Waals surface area contributed by atoms with Crippen LogP contribution < -0.4 is 0 Å². The lowest BCUT2D eigenvalue weighted by Crippen LogP contribution is -2.44. The van der Waals surface area contributed by atoms with Gasteiger partial charge in [0, 0.05) is 44.2 Å². The number of amides is 1. The number of carbonyl (C=O) groups is 2. The summed E-state index contributed by atoms with van der Waals surface area (Å²) < 4.78 is 1.98. The Morgan fingerprint density at radius 2 is 1.61 bits per heavy atom. The van der Waals surface area contributed by atoms with Crippen LogP contribution in [0.25, 0.3) is 0 Å². The van der Waals surface area contributed by atoms with Crippen molar-refractivity contribution < 1.29 is 9.59 Å². The van der Waals surface area contributed by atoms with Crippen LogP contribution in [0.3, 0.4) is 0 Å². The molecule has 0 aliphatic carbocycles. The number of carbonyl (C=O) groups excluding carboxylic acids is 2. The molecule has 0 spiro atoms. The fourth-order valence-corrected chi connectivity index (χ4v) is 4.68. The number of rotatable bonds is 5. The number of benzene rings is 2. The van der Waals surface area contributed by atoms with Gasteiger partial charge in [-0.05, 0) is 5.56 Å². The number of Topliss-reactive ketones (excluding diaryl/α,β-unsaturated/α-hetero) is 1. The summed E-state index contributed by atoms with van der Waals surface area (Å²) in [6, 6.07) is 19.5. The Balaban J connectivity index is 1.38. The molecule has 1 amide bonds. The molecule has 158 valence electrons. The van der Waals surface area contributed by atoms with Crippen molar-refractivity contribution in [3.05, 3.63) is 83.9 Å². The van der Waals surface area contributed by atoms with Crippen LogP contribution in [0.4, 0.5) is 0 Å². The predicted molar refractivity (Wildman–Crippen MR) is 115 cm³/mol. The second-order valence-electron chi connectivity index (χ2n) is 8.32. The second-order valence-corrected chi connectivity index (χ2v) is 8.32. The number of fused-ring (bicyclic) bond motifs is 1. The molecular weight excluding hydrogens is 390 g/mol. The van der Waals surface area contributed by atoms with E-state index in [1.165, 1.54) is 5.56 Å². The summed E-state index contributed by atoms with van der Waals surface area (Å²) in [6.45, 7) is 3.65. The van der Waals surface area contributed by atoms with Crippen LogP contribution >= 0.6 is 0 Å². The first-order valence-corrected chi connectivity index (χ1v) is 10.7. The first-order valence-electron chi connectivity index (χ1n) is 10.7. The summed E-state index contributed by atoms with van der Waals surface area (Å²) >= 11 is 0. The van der Waals surface area contributed by atoms with E-state index in [0.29, 0.717) is 38.3 Å². The molecule has 3 aromatic rings. The number of ketones is 1. The number of aromatic nitrogens is 3. The van der Waals surface area contributed by atoms with Crippen molar-refractivity contribution in [2.75, 3.05) is 19.6 Å². The van der Waals surface area contributed by atoms with Crippen LogP contribution in [0, 0.1) is 11.8 Å². The average Bonchev–Trinajstić information content (AvgIpc) is 3.46. The smallest absolute Gasteiger partial charge is 0.228 e. The van der Waals surface area contributed by atoms with Gasteiger partial charge in [0.1, 0.15) is 6.33 Å². The summed E-state index contributed by atoms with van der Waals surface area (Å²) in [6.07, 6.45) is 1.70. The molecule has 2 aromatic carbocycles. The molecule has 3 heterocycles. The normalized spacial score (nSPS) is 21.1. The molecule has 7 heteroatoms. The van der Waals surface area contributed by atoms with Crippen LogP contribution in [0.2, 0.25) is 0 Å². The summed E-state index contributed by atoms with van der Waals surface area (Å²) in [5, 5.41) is 8.08. The van der Waals surface area contributed by atoms with E-state index in [1.807, 2.05) is 58.0 Å².